The molecule has 1 N–H and O–H groups in total. The van der Waals surface area contributed by atoms with Gasteiger partial charge >= 0.3 is 0 Å². The third-order valence-corrected chi connectivity index (χ3v) is 5.04. The van der Waals surface area contributed by atoms with Gasteiger partial charge in [0.15, 0.2) is 5.69 Å². The van der Waals surface area contributed by atoms with E-state index in [0.717, 1.165) is 31.7 Å². The summed E-state index contributed by atoms with van der Waals surface area (Å²) in [6.45, 7) is 10.8. The quantitative estimate of drug-likeness (QED) is 0.908. The van der Waals surface area contributed by atoms with E-state index in [1.54, 1.807) is 0 Å². The van der Waals surface area contributed by atoms with Gasteiger partial charge < -0.3 is 9.84 Å². The summed E-state index contributed by atoms with van der Waals surface area (Å²) in [5, 5.41) is 7.12. The van der Waals surface area contributed by atoms with E-state index in [0.29, 0.717) is 29.5 Å². The summed E-state index contributed by atoms with van der Waals surface area (Å²) in [7, 11) is 0. The molecule has 2 atom stereocenters. The molecule has 22 heavy (non-hydrogen) atoms. The van der Waals surface area contributed by atoms with Crippen LogP contribution < -0.4 is 5.32 Å². The molecule has 2 aliphatic rings. The fourth-order valence-electron chi connectivity index (χ4n) is 3.31. The Morgan fingerprint density at radius 2 is 2.05 bits per heavy atom. The van der Waals surface area contributed by atoms with Crippen molar-refractivity contribution in [2.45, 2.75) is 58.5 Å². The molecule has 0 bridgehead atoms. The number of nitrogens with zero attached hydrogens (tertiary/aromatic N) is 2. The van der Waals surface area contributed by atoms with Gasteiger partial charge in [0.2, 0.25) is 0 Å². The highest BCUT2D eigenvalue weighted by molar-refractivity contribution is 5.92. The standard InChI is InChI=1S/C17H27N3O2/c1-10(2)13-8-20(11(3)4)9-15(13)18-17(21)14-7-16(22-19-14)12-5-6-12/h7,10-13,15H,5-6,8-9H2,1-4H3,(H,18,21). The van der Waals surface area contributed by atoms with E-state index in [1.807, 2.05) is 6.07 Å². The predicted molar refractivity (Wildman–Crippen MR) is 84.8 cm³/mol. The van der Waals surface area contributed by atoms with Crippen molar-refractivity contribution >= 4 is 5.91 Å². The number of hydrogen-bond donors (Lipinski definition) is 1. The number of rotatable bonds is 5. The van der Waals surface area contributed by atoms with Gasteiger partial charge in [-0.3, -0.25) is 9.69 Å². The Hall–Kier alpha value is -1.36. The minimum absolute atomic E-state index is 0.100. The van der Waals surface area contributed by atoms with Crippen molar-refractivity contribution < 1.29 is 9.32 Å². The minimum atomic E-state index is -0.100. The van der Waals surface area contributed by atoms with Crippen LogP contribution in [0.25, 0.3) is 0 Å². The fourth-order valence-corrected chi connectivity index (χ4v) is 3.31. The maximum Gasteiger partial charge on any atom is 0.273 e. The lowest BCUT2D eigenvalue weighted by Crippen LogP contribution is -2.42. The van der Waals surface area contributed by atoms with Crippen LogP contribution in [0.1, 0.15) is 62.7 Å². The van der Waals surface area contributed by atoms with Crippen LogP contribution >= 0.6 is 0 Å². The molecule has 1 aromatic heterocycles. The molecule has 1 aliphatic heterocycles. The number of carbonyl (C=O) groups is 1. The zero-order valence-electron chi connectivity index (χ0n) is 14.0. The highest BCUT2D eigenvalue weighted by Gasteiger charge is 2.37. The number of amides is 1. The molecule has 0 radical (unpaired) electrons. The number of nitrogens with one attached hydrogen (secondary N) is 1. The number of carbonyl (C=O) groups excluding carboxylic acids is 1. The predicted octanol–water partition coefficient (Wildman–Crippen LogP) is 2.65. The summed E-state index contributed by atoms with van der Waals surface area (Å²) >= 11 is 0. The Balaban J connectivity index is 1.65. The summed E-state index contributed by atoms with van der Waals surface area (Å²) in [6.07, 6.45) is 2.30. The Morgan fingerprint density at radius 1 is 1.32 bits per heavy atom. The van der Waals surface area contributed by atoms with E-state index >= 15 is 0 Å². The number of likely N-dealkylation sites (tertiary alicyclic amines) is 1. The number of hydrogen-bond acceptors (Lipinski definition) is 4. The van der Waals surface area contributed by atoms with Gasteiger partial charge in [0, 0.05) is 37.2 Å². The molecule has 5 heteroatoms. The molecule has 2 heterocycles. The van der Waals surface area contributed by atoms with Crippen LogP contribution in [0, 0.1) is 11.8 Å². The molecule has 2 fully saturated rings. The van der Waals surface area contributed by atoms with Gasteiger partial charge in [-0.25, -0.2) is 0 Å². The first-order valence-electron chi connectivity index (χ1n) is 8.47. The molecule has 0 spiro atoms. The molecular weight excluding hydrogens is 278 g/mol. The van der Waals surface area contributed by atoms with E-state index in [9.17, 15) is 4.79 Å². The van der Waals surface area contributed by atoms with Gasteiger partial charge in [-0.15, -0.1) is 0 Å². The average Bonchev–Trinajstić information content (AvgIpc) is 3.02. The summed E-state index contributed by atoms with van der Waals surface area (Å²) in [4.78, 5) is 14.9. The molecule has 1 aromatic rings. The monoisotopic (exact) mass is 305 g/mol. The maximum absolute atomic E-state index is 12.4. The highest BCUT2D eigenvalue weighted by Crippen LogP contribution is 2.40. The zero-order chi connectivity index (χ0) is 15.9. The lowest BCUT2D eigenvalue weighted by atomic mass is 9.91. The molecule has 122 valence electrons. The van der Waals surface area contributed by atoms with E-state index < -0.39 is 0 Å². The van der Waals surface area contributed by atoms with Crippen molar-refractivity contribution in [3.05, 3.63) is 17.5 Å². The third kappa shape index (κ3) is 3.19. The summed E-state index contributed by atoms with van der Waals surface area (Å²) in [6, 6.07) is 2.51. The first-order valence-corrected chi connectivity index (χ1v) is 8.47. The van der Waals surface area contributed by atoms with E-state index in [-0.39, 0.29) is 11.9 Å². The van der Waals surface area contributed by atoms with Crippen LogP contribution in [0.5, 0.6) is 0 Å². The fraction of sp³-hybridized carbons (Fsp3) is 0.765. The smallest absolute Gasteiger partial charge is 0.273 e. The van der Waals surface area contributed by atoms with E-state index in [4.69, 9.17) is 4.52 Å². The second kappa shape index (κ2) is 6.03. The van der Waals surface area contributed by atoms with Gasteiger partial charge in [0.25, 0.3) is 5.91 Å². The molecule has 1 saturated carbocycles. The first-order chi connectivity index (χ1) is 10.5. The Bertz CT molecular complexity index is 534. The van der Waals surface area contributed by atoms with Gasteiger partial charge in [-0.1, -0.05) is 19.0 Å². The maximum atomic E-state index is 12.4. The van der Waals surface area contributed by atoms with Crippen LogP contribution in [0.3, 0.4) is 0 Å². The Labute approximate surface area is 132 Å². The largest absolute Gasteiger partial charge is 0.360 e. The molecule has 1 amide bonds. The van der Waals surface area contributed by atoms with Crippen molar-refractivity contribution in [3.8, 4) is 0 Å². The van der Waals surface area contributed by atoms with Crippen LogP contribution in [0.15, 0.2) is 10.6 Å². The Morgan fingerprint density at radius 3 is 2.64 bits per heavy atom. The van der Waals surface area contributed by atoms with E-state index in [1.165, 1.54) is 0 Å². The van der Waals surface area contributed by atoms with Gasteiger partial charge in [0.1, 0.15) is 5.76 Å². The van der Waals surface area contributed by atoms with Crippen LogP contribution in [0.2, 0.25) is 0 Å². The zero-order valence-corrected chi connectivity index (χ0v) is 14.0. The third-order valence-electron chi connectivity index (χ3n) is 5.04. The Kier molecular flexibility index (Phi) is 4.26. The van der Waals surface area contributed by atoms with E-state index in [2.05, 4.69) is 43.1 Å². The summed E-state index contributed by atoms with van der Waals surface area (Å²) < 4.78 is 5.29. The van der Waals surface area contributed by atoms with Crippen molar-refractivity contribution in [2.24, 2.45) is 11.8 Å². The lowest BCUT2D eigenvalue weighted by molar-refractivity contribution is 0.0915. The number of aromatic nitrogens is 1. The van der Waals surface area contributed by atoms with Crippen LogP contribution in [-0.4, -0.2) is 41.1 Å². The van der Waals surface area contributed by atoms with Gasteiger partial charge in [-0.05, 0) is 38.5 Å². The van der Waals surface area contributed by atoms with Gasteiger partial charge in [0.05, 0.1) is 0 Å². The van der Waals surface area contributed by atoms with Crippen molar-refractivity contribution in [1.82, 2.24) is 15.4 Å². The molecule has 1 aliphatic carbocycles. The van der Waals surface area contributed by atoms with Crippen LogP contribution in [0.4, 0.5) is 0 Å². The second-order valence-electron chi connectivity index (χ2n) is 7.42. The average molecular weight is 305 g/mol. The topological polar surface area (TPSA) is 58.4 Å². The summed E-state index contributed by atoms with van der Waals surface area (Å²) in [5.41, 5.74) is 0.424. The molecule has 2 unspecified atom stereocenters. The molecular formula is C17H27N3O2. The molecule has 1 saturated heterocycles. The highest BCUT2D eigenvalue weighted by atomic mass is 16.5. The summed E-state index contributed by atoms with van der Waals surface area (Å²) in [5.74, 6) is 2.28. The molecule has 3 rings (SSSR count). The van der Waals surface area contributed by atoms with Crippen molar-refractivity contribution in [1.29, 1.82) is 0 Å². The van der Waals surface area contributed by atoms with Crippen LogP contribution in [-0.2, 0) is 0 Å². The lowest BCUT2D eigenvalue weighted by Gasteiger charge is -2.22. The van der Waals surface area contributed by atoms with Crippen molar-refractivity contribution in [3.63, 3.8) is 0 Å². The van der Waals surface area contributed by atoms with Gasteiger partial charge in [-0.2, -0.15) is 0 Å². The SMILES string of the molecule is CC(C)C1CN(C(C)C)CC1NC(=O)c1cc(C2CC2)on1. The first kappa shape index (κ1) is 15.5. The normalized spacial score (nSPS) is 26.1. The second-order valence-corrected chi connectivity index (χ2v) is 7.42. The van der Waals surface area contributed by atoms with Crippen molar-refractivity contribution in [2.75, 3.05) is 13.1 Å². The minimum Gasteiger partial charge on any atom is -0.360 e. The molecule has 5 nitrogen and oxygen atoms in total. The molecule has 0 aromatic carbocycles.